The number of hydrogen-bond donors (Lipinski definition) is 1. The summed E-state index contributed by atoms with van der Waals surface area (Å²) in [7, 11) is 0. The van der Waals surface area contributed by atoms with Gasteiger partial charge in [-0.25, -0.2) is 9.79 Å². The van der Waals surface area contributed by atoms with Crippen molar-refractivity contribution in [3.8, 4) is 0 Å². The highest BCUT2D eigenvalue weighted by atomic mass is 19.4. The van der Waals surface area contributed by atoms with E-state index in [4.69, 9.17) is 5.11 Å². The van der Waals surface area contributed by atoms with Crippen molar-refractivity contribution in [1.82, 2.24) is 0 Å². The molecule has 0 aromatic heterocycles. The molecule has 0 bridgehead atoms. The Kier molecular flexibility index (Phi) is 3.90. The Morgan fingerprint density at radius 3 is 2.39 bits per heavy atom. The second kappa shape index (κ2) is 5.03. The van der Waals surface area contributed by atoms with Crippen molar-refractivity contribution in [3.63, 3.8) is 0 Å². The average molecular weight is 257 g/mol. The van der Waals surface area contributed by atoms with E-state index in [9.17, 15) is 18.0 Å². The molecule has 96 valence electrons. The fourth-order valence-electron chi connectivity index (χ4n) is 1.16. The molecule has 0 saturated heterocycles. The van der Waals surface area contributed by atoms with Crippen molar-refractivity contribution in [3.05, 3.63) is 42.0 Å². The summed E-state index contributed by atoms with van der Waals surface area (Å²) in [4.78, 5) is 14.0. The molecule has 0 heterocycles. The van der Waals surface area contributed by atoms with Gasteiger partial charge >= 0.3 is 12.1 Å². The van der Waals surface area contributed by atoms with Crippen LogP contribution in [0.3, 0.4) is 0 Å². The summed E-state index contributed by atoms with van der Waals surface area (Å²) in [6.45, 7) is 4.22. The maximum atomic E-state index is 12.3. The lowest BCUT2D eigenvalue weighted by Crippen LogP contribution is -2.19. The van der Waals surface area contributed by atoms with Crippen molar-refractivity contribution in [2.75, 3.05) is 0 Å². The zero-order valence-electron chi connectivity index (χ0n) is 9.45. The Labute approximate surface area is 101 Å². The highest BCUT2D eigenvalue weighted by molar-refractivity contribution is 5.93. The van der Waals surface area contributed by atoms with Gasteiger partial charge in [0.1, 0.15) is 5.71 Å². The molecule has 1 aromatic carbocycles. The van der Waals surface area contributed by atoms with Crippen molar-refractivity contribution in [2.45, 2.75) is 13.1 Å². The third-order valence-corrected chi connectivity index (χ3v) is 2.16. The van der Waals surface area contributed by atoms with Crippen LogP contribution in [0.4, 0.5) is 13.2 Å². The zero-order chi connectivity index (χ0) is 13.9. The van der Waals surface area contributed by atoms with Crippen LogP contribution in [0.1, 0.15) is 22.8 Å². The van der Waals surface area contributed by atoms with E-state index < -0.39 is 17.9 Å². The van der Waals surface area contributed by atoms with Crippen LogP contribution in [-0.4, -0.2) is 23.0 Å². The molecule has 0 aliphatic carbocycles. The minimum atomic E-state index is -4.52. The quantitative estimate of drug-likeness (QED) is 0.844. The van der Waals surface area contributed by atoms with Gasteiger partial charge in [-0.2, -0.15) is 13.2 Å². The summed E-state index contributed by atoms with van der Waals surface area (Å²) in [6.07, 6.45) is -4.52. The molecule has 0 amide bonds. The Bertz CT molecular complexity index is 518. The molecule has 0 spiro atoms. The zero-order valence-corrected chi connectivity index (χ0v) is 9.45. The lowest BCUT2D eigenvalue weighted by molar-refractivity contribution is -0.0591. The molecule has 1 rings (SSSR count). The molecule has 6 heteroatoms. The van der Waals surface area contributed by atoms with Gasteiger partial charge in [-0.15, -0.1) is 0 Å². The second-order valence-corrected chi connectivity index (χ2v) is 3.53. The lowest BCUT2D eigenvalue weighted by atomic mass is 10.1. The van der Waals surface area contributed by atoms with Gasteiger partial charge in [-0.05, 0) is 19.1 Å². The second-order valence-electron chi connectivity index (χ2n) is 3.53. The van der Waals surface area contributed by atoms with E-state index in [1.165, 1.54) is 24.3 Å². The Morgan fingerprint density at radius 1 is 1.33 bits per heavy atom. The molecule has 0 atom stereocenters. The normalized spacial score (nSPS) is 12.3. The first-order valence-electron chi connectivity index (χ1n) is 4.87. The summed E-state index contributed by atoms with van der Waals surface area (Å²) in [5.41, 5.74) is -0.965. The predicted molar refractivity (Wildman–Crippen MR) is 61.6 cm³/mol. The highest BCUT2D eigenvalue weighted by Gasteiger charge is 2.32. The molecule has 18 heavy (non-hydrogen) atoms. The largest absolute Gasteiger partial charge is 0.478 e. The van der Waals surface area contributed by atoms with E-state index in [0.717, 1.165) is 6.92 Å². The van der Waals surface area contributed by atoms with Crippen molar-refractivity contribution in [1.29, 1.82) is 0 Å². The summed E-state index contributed by atoms with van der Waals surface area (Å²) in [5, 5.41) is 8.76. The summed E-state index contributed by atoms with van der Waals surface area (Å²) in [6, 6.07) is 5.42. The highest BCUT2D eigenvalue weighted by Crippen LogP contribution is 2.22. The molecule has 0 unspecified atom stereocenters. The van der Waals surface area contributed by atoms with Crippen molar-refractivity contribution < 1.29 is 23.1 Å². The molecular weight excluding hydrogens is 247 g/mol. The van der Waals surface area contributed by atoms with E-state index in [0.29, 0.717) is 0 Å². The molecule has 1 aromatic rings. The third-order valence-electron chi connectivity index (χ3n) is 2.16. The van der Waals surface area contributed by atoms with Crippen molar-refractivity contribution in [2.24, 2.45) is 4.99 Å². The molecule has 0 radical (unpaired) electrons. The van der Waals surface area contributed by atoms with Crippen LogP contribution in [-0.2, 0) is 0 Å². The first-order chi connectivity index (χ1) is 8.21. The molecule has 3 nitrogen and oxygen atoms in total. The molecular formula is C12H10F3NO2. The monoisotopic (exact) mass is 257 g/mol. The molecule has 0 aliphatic heterocycles. The predicted octanol–water partition coefficient (Wildman–Crippen LogP) is 3.38. The molecule has 0 fully saturated rings. The average Bonchev–Trinajstić information content (AvgIpc) is 2.27. The smallest absolute Gasteiger partial charge is 0.429 e. The summed E-state index contributed by atoms with van der Waals surface area (Å²) in [5.74, 6) is -1.17. The molecule has 0 saturated carbocycles. The van der Waals surface area contributed by atoms with Gasteiger partial charge in [0.05, 0.1) is 11.3 Å². The van der Waals surface area contributed by atoms with Crippen LogP contribution < -0.4 is 0 Å². The number of aliphatic imine (C=N–C) groups is 1. The summed E-state index contributed by atoms with van der Waals surface area (Å²) < 4.78 is 36.8. The standard InChI is InChI=1S/C12H10F3NO2/c1-7(16-8(2)12(13,14)15)9-4-3-5-10(6-9)11(17)18/h3-6H,1H2,2H3,(H,17,18)/b16-8+. The SMILES string of the molecule is C=C(/N=C(\C)C(F)(F)F)c1cccc(C(=O)O)c1. The van der Waals surface area contributed by atoms with Gasteiger partial charge in [0.25, 0.3) is 0 Å². The molecule has 0 aliphatic rings. The fraction of sp³-hybridized carbons (Fsp3) is 0.167. The fourth-order valence-corrected chi connectivity index (χ4v) is 1.16. The van der Waals surface area contributed by atoms with Gasteiger partial charge in [-0.3, -0.25) is 0 Å². The maximum Gasteiger partial charge on any atom is 0.429 e. The Balaban J connectivity index is 3.06. The number of halogens is 3. The van der Waals surface area contributed by atoms with E-state index in [1.807, 2.05) is 0 Å². The lowest BCUT2D eigenvalue weighted by Gasteiger charge is -2.07. The van der Waals surface area contributed by atoms with Crippen LogP contribution in [0.2, 0.25) is 0 Å². The van der Waals surface area contributed by atoms with Gasteiger partial charge in [0, 0.05) is 5.56 Å². The number of benzene rings is 1. The Morgan fingerprint density at radius 2 is 1.89 bits per heavy atom. The van der Waals surface area contributed by atoms with Crippen LogP contribution >= 0.6 is 0 Å². The number of carboxylic acid groups (broad SMARTS) is 1. The minimum Gasteiger partial charge on any atom is -0.478 e. The van der Waals surface area contributed by atoms with Crippen LogP contribution in [0.15, 0.2) is 35.8 Å². The van der Waals surface area contributed by atoms with Crippen LogP contribution in [0, 0.1) is 0 Å². The van der Waals surface area contributed by atoms with Crippen LogP contribution in [0.25, 0.3) is 5.70 Å². The first-order valence-corrected chi connectivity index (χ1v) is 4.87. The molecule has 1 N–H and O–H groups in total. The van der Waals surface area contributed by atoms with Gasteiger partial charge in [-0.1, -0.05) is 18.7 Å². The van der Waals surface area contributed by atoms with Gasteiger partial charge < -0.3 is 5.11 Å². The third kappa shape index (κ3) is 3.44. The van der Waals surface area contributed by atoms with Gasteiger partial charge in [0.15, 0.2) is 0 Å². The van der Waals surface area contributed by atoms with E-state index in [-0.39, 0.29) is 16.8 Å². The summed E-state index contributed by atoms with van der Waals surface area (Å²) >= 11 is 0. The number of carbonyl (C=O) groups is 1. The number of hydrogen-bond acceptors (Lipinski definition) is 2. The Hall–Kier alpha value is -2.11. The topological polar surface area (TPSA) is 49.7 Å². The number of nitrogens with zero attached hydrogens (tertiary/aromatic N) is 1. The number of rotatable bonds is 3. The van der Waals surface area contributed by atoms with E-state index in [1.54, 1.807) is 0 Å². The van der Waals surface area contributed by atoms with Crippen LogP contribution in [0.5, 0.6) is 0 Å². The number of alkyl halides is 3. The van der Waals surface area contributed by atoms with E-state index >= 15 is 0 Å². The van der Waals surface area contributed by atoms with Crippen molar-refractivity contribution >= 4 is 17.4 Å². The maximum absolute atomic E-state index is 12.3. The van der Waals surface area contributed by atoms with Gasteiger partial charge in [0.2, 0.25) is 0 Å². The van der Waals surface area contributed by atoms with E-state index in [2.05, 4.69) is 11.6 Å². The first kappa shape index (κ1) is 14.0. The number of carboxylic acids is 1. The minimum absolute atomic E-state index is 0.0338. The number of aromatic carboxylic acids is 1.